The molecule has 5 nitrogen and oxygen atoms in total. The highest BCUT2D eigenvalue weighted by atomic mass is 32.1. The highest BCUT2D eigenvalue weighted by Gasteiger charge is 2.32. The van der Waals surface area contributed by atoms with Crippen LogP contribution in [0.4, 0.5) is 4.79 Å². The summed E-state index contributed by atoms with van der Waals surface area (Å²) in [6, 6.07) is 12.5. The molecule has 0 fully saturated rings. The Morgan fingerprint density at radius 2 is 2.00 bits per heavy atom. The van der Waals surface area contributed by atoms with Gasteiger partial charge in [-0.25, -0.2) is 9.59 Å². The fourth-order valence-corrected chi connectivity index (χ4v) is 3.22. The van der Waals surface area contributed by atoms with Gasteiger partial charge in [0, 0.05) is 10.6 Å². The first-order valence-electron chi connectivity index (χ1n) is 7.18. The Morgan fingerprint density at radius 1 is 1.22 bits per heavy atom. The van der Waals surface area contributed by atoms with Gasteiger partial charge in [0.2, 0.25) is 0 Å². The van der Waals surface area contributed by atoms with E-state index in [0.29, 0.717) is 11.3 Å². The zero-order valence-corrected chi connectivity index (χ0v) is 13.4. The molecule has 6 heteroatoms. The molecular weight excluding hydrogens is 312 g/mol. The molecule has 0 spiro atoms. The predicted molar refractivity (Wildman–Crippen MR) is 87.7 cm³/mol. The van der Waals surface area contributed by atoms with E-state index in [1.165, 1.54) is 11.3 Å². The number of carbonyl (C=O) groups is 2. The van der Waals surface area contributed by atoms with Gasteiger partial charge in [-0.05, 0) is 23.9 Å². The molecule has 1 aromatic carbocycles. The summed E-state index contributed by atoms with van der Waals surface area (Å²) in [4.78, 5) is 25.1. The average Bonchev–Trinajstić information content (AvgIpc) is 3.07. The molecule has 0 saturated heterocycles. The molecule has 1 aromatic heterocycles. The van der Waals surface area contributed by atoms with Gasteiger partial charge in [0.1, 0.15) is 6.61 Å². The summed E-state index contributed by atoms with van der Waals surface area (Å²) in [6.07, 6.45) is 0. The number of urea groups is 1. The minimum absolute atomic E-state index is 0.196. The van der Waals surface area contributed by atoms with Gasteiger partial charge in [-0.2, -0.15) is 0 Å². The van der Waals surface area contributed by atoms with E-state index in [1.807, 2.05) is 47.8 Å². The zero-order valence-electron chi connectivity index (χ0n) is 12.5. The van der Waals surface area contributed by atoms with E-state index < -0.39 is 12.0 Å². The summed E-state index contributed by atoms with van der Waals surface area (Å²) in [6.45, 7) is 1.90. The van der Waals surface area contributed by atoms with Crippen LogP contribution in [0.3, 0.4) is 0 Å². The lowest BCUT2D eigenvalue weighted by atomic mass is 10.0. The Balaban J connectivity index is 1.81. The molecular formula is C17H16N2O3S. The number of amides is 2. The zero-order chi connectivity index (χ0) is 16.2. The Hall–Kier alpha value is -2.60. The molecule has 0 aliphatic carbocycles. The SMILES string of the molecule is CC1=C(C(=O)OCc2ccccc2)[C@H](c2cccs2)NC(=O)N1. The third kappa shape index (κ3) is 3.43. The summed E-state index contributed by atoms with van der Waals surface area (Å²) in [5, 5.41) is 7.32. The Kier molecular flexibility index (Phi) is 4.43. The normalized spacial score (nSPS) is 17.4. The van der Waals surface area contributed by atoms with E-state index in [4.69, 9.17) is 4.74 Å². The van der Waals surface area contributed by atoms with Crippen LogP contribution in [0.1, 0.15) is 23.4 Å². The van der Waals surface area contributed by atoms with Gasteiger partial charge in [-0.3, -0.25) is 0 Å². The van der Waals surface area contributed by atoms with E-state index >= 15 is 0 Å². The standard InChI is InChI=1S/C17H16N2O3S/c1-11-14(16(20)22-10-12-6-3-2-4-7-12)15(19-17(21)18-11)13-8-5-9-23-13/h2-9,15H,10H2,1H3,(H2,18,19,21)/t15-/m0/s1. The lowest BCUT2D eigenvalue weighted by molar-refractivity contribution is -0.140. The Labute approximate surface area is 138 Å². The Morgan fingerprint density at radius 3 is 2.70 bits per heavy atom. The van der Waals surface area contributed by atoms with Gasteiger partial charge in [-0.1, -0.05) is 36.4 Å². The van der Waals surface area contributed by atoms with Crippen molar-refractivity contribution in [1.82, 2.24) is 10.6 Å². The van der Waals surface area contributed by atoms with Gasteiger partial charge < -0.3 is 15.4 Å². The number of hydrogen-bond acceptors (Lipinski definition) is 4. The summed E-state index contributed by atoms with van der Waals surface area (Å²) in [5.74, 6) is -0.433. The maximum atomic E-state index is 12.5. The van der Waals surface area contributed by atoms with Crippen LogP contribution in [0.15, 0.2) is 59.1 Å². The van der Waals surface area contributed by atoms with E-state index in [2.05, 4.69) is 10.6 Å². The second kappa shape index (κ2) is 6.66. The van der Waals surface area contributed by atoms with Crippen LogP contribution in [0.2, 0.25) is 0 Å². The first-order valence-corrected chi connectivity index (χ1v) is 8.06. The van der Waals surface area contributed by atoms with Crippen LogP contribution in [0, 0.1) is 0 Å². The lowest BCUT2D eigenvalue weighted by Gasteiger charge is -2.27. The molecule has 0 bridgehead atoms. The predicted octanol–water partition coefficient (Wildman–Crippen LogP) is 3.12. The van der Waals surface area contributed by atoms with Crippen molar-refractivity contribution in [2.24, 2.45) is 0 Å². The number of hydrogen-bond donors (Lipinski definition) is 2. The lowest BCUT2D eigenvalue weighted by Crippen LogP contribution is -2.45. The summed E-state index contributed by atoms with van der Waals surface area (Å²) in [7, 11) is 0. The smallest absolute Gasteiger partial charge is 0.338 e. The third-order valence-electron chi connectivity index (χ3n) is 3.53. The number of ether oxygens (including phenoxy) is 1. The molecule has 1 aliphatic rings. The monoisotopic (exact) mass is 328 g/mol. The quantitative estimate of drug-likeness (QED) is 0.848. The second-order valence-corrected chi connectivity index (χ2v) is 6.13. The van der Waals surface area contributed by atoms with E-state index in [9.17, 15) is 9.59 Å². The van der Waals surface area contributed by atoms with Crippen LogP contribution in [-0.4, -0.2) is 12.0 Å². The van der Waals surface area contributed by atoms with Gasteiger partial charge in [0.05, 0.1) is 11.6 Å². The third-order valence-corrected chi connectivity index (χ3v) is 4.47. The fourth-order valence-electron chi connectivity index (χ4n) is 2.43. The number of allylic oxidation sites excluding steroid dienone is 1. The molecule has 0 unspecified atom stereocenters. The molecule has 23 heavy (non-hydrogen) atoms. The van der Waals surface area contributed by atoms with E-state index in [0.717, 1.165) is 10.4 Å². The molecule has 2 amide bonds. The summed E-state index contributed by atoms with van der Waals surface area (Å²) < 4.78 is 5.42. The van der Waals surface area contributed by atoms with Crippen molar-refractivity contribution in [2.45, 2.75) is 19.6 Å². The maximum Gasteiger partial charge on any atom is 0.338 e. The molecule has 0 saturated carbocycles. The van der Waals surface area contributed by atoms with Crippen LogP contribution in [-0.2, 0) is 16.1 Å². The minimum atomic E-state index is -0.480. The van der Waals surface area contributed by atoms with Crippen LogP contribution in [0.25, 0.3) is 0 Å². The number of thiophene rings is 1. The van der Waals surface area contributed by atoms with Crippen molar-refractivity contribution in [3.63, 3.8) is 0 Å². The number of rotatable bonds is 4. The van der Waals surface area contributed by atoms with Gasteiger partial charge in [0.15, 0.2) is 0 Å². The number of esters is 1. The molecule has 0 radical (unpaired) electrons. The van der Waals surface area contributed by atoms with Crippen molar-refractivity contribution in [2.75, 3.05) is 0 Å². The topological polar surface area (TPSA) is 67.4 Å². The molecule has 2 aromatic rings. The van der Waals surface area contributed by atoms with Gasteiger partial charge in [-0.15, -0.1) is 11.3 Å². The molecule has 2 N–H and O–H groups in total. The fraction of sp³-hybridized carbons (Fsp3) is 0.176. The molecule has 1 atom stereocenters. The average molecular weight is 328 g/mol. The first-order chi connectivity index (χ1) is 11.1. The van der Waals surface area contributed by atoms with Gasteiger partial charge in [0.25, 0.3) is 0 Å². The van der Waals surface area contributed by atoms with Crippen molar-refractivity contribution in [3.05, 3.63) is 69.6 Å². The summed E-state index contributed by atoms with van der Waals surface area (Å²) in [5.41, 5.74) is 1.87. The van der Waals surface area contributed by atoms with E-state index in [-0.39, 0.29) is 12.6 Å². The number of nitrogens with one attached hydrogen (secondary N) is 2. The van der Waals surface area contributed by atoms with Crippen LogP contribution >= 0.6 is 11.3 Å². The highest BCUT2D eigenvalue weighted by Crippen LogP contribution is 2.30. The summed E-state index contributed by atoms with van der Waals surface area (Å²) >= 11 is 1.48. The van der Waals surface area contributed by atoms with Gasteiger partial charge >= 0.3 is 12.0 Å². The van der Waals surface area contributed by atoms with Crippen molar-refractivity contribution in [1.29, 1.82) is 0 Å². The minimum Gasteiger partial charge on any atom is -0.457 e. The molecule has 2 heterocycles. The molecule has 3 rings (SSSR count). The Bertz CT molecular complexity index is 738. The molecule has 118 valence electrons. The van der Waals surface area contributed by atoms with Crippen molar-refractivity contribution >= 4 is 23.3 Å². The van der Waals surface area contributed by atoms with Crippen molar-refractivity contribution < 1.29 is 14.3 Å². The largest absolute Gasteiger partial charge is 0.457 e. The van der Waals surface area contributed by atoms with E-state index in [1.54, 1.807) is 6.92 Å². The number of carbonyl (C=O) groups excluding carboxylic acids is 2. The van der Waals surface area contributed by atoms with Crippen LogP contribution in [0.5, 0.6) is 0 Å². The molecule has 1 aliphatic heterocycles. The first kappa shape index (κ1) is 15.3. The second-order valence-electron chi connectivity index (χ2n) is 5.15. The van der Waals surface area contributed by atoms with Crippen molar-refractivity contribution in [3.8, 4) is 0 Å². The van der Waals surface area contributed by atoms with Crippen LogP contribution < -0.4 is 10.6 Å². The maximum absolute atomic E-state index is 12.5. The number of benzene rings is 1. The highest BCUT2D eigenvalue weighted by molar-refractivity contribution is 7.10.